The summed E-state index contributed by atoms with van der Waals surface area (Å²) in [5, 5.41) is 7.81. The first-order chi connectivity index (χ1) is 14.1. The smallest absolute Gasteiger partial charge is 0.289 e. The molecule has 8 nitrogen and oxygen atoms in total. The molecular weight excluding hydrogens is 381 g/mol. The number of nitrogens with one attached hydrogen (secondary N) is 1. The van der Waals surface area contributed by atoms with Gasteiger partial charge in [0, 0.05) is 5.56 Å². The van der Waals surface area contributed by atoms with Crippen LogP contribution in [0.5, 0.6) is 17.2 Å². The monoisotopic (exact) mass is 399 g/mol. The lowest BCUT2D eigenvalue weighted by atomic mass is 9.93. The largest absolute Gasteiger partial charge is 0.493 e. The van der Waals surface area contributed by atoms with E-state index in [1.807, 2.05) is 6.92 Å². The third kappa shape index (κ3) is 3.71. The van der Waals surface area contributed by atoms with Crippen LogP contribution < -0.4 is 19.6 Å². The van der Waals surface area contributed by atoms with Crippen molar-refractivity contribution >= 4 is 17.8 Å². The average Bonchev–Trinajstić information content (AvgIpc) is 3.35. The predicted octanol–water partition coefficient (Wildman–Crippen LogP) is 2.78. The maximum atomic E-state index is 12.9. The number of nitrogens with zero attached hydrogens (tertiary/aromatic N) is 2. The number of rotatable bonds is 5. The summed E-state index contributed by atoms with van der Waals surface area (Å²) in [5.74, 6) is 0.455. The quantitative estimate of drug-likeness (QED) is 0.617. The molecule has 9 heteroatoms. The van der Waals surface area contributed by atoms with Crippen LogP contribution in [0, 0.1) is 11.7 Å². The van der Waals surface area contributed by atoms with Crippen molar-refractivity contribution in [1.29, 1.82) is 0 Å². The molecule has 1 amide bonds. The van der Waals surface area contributed by atoms with Crippen LogP contribution in [0.1, 0.15) is 24.2 Å². The second-order valence-corrected chi connectivity index (χ2v) is 6.50. The molecule has 0 radical (unpaired) electrons. The Morgan fingerprint density at radius 2 is 2.10 bits per heavy atom. The van der Waals surface area contributed by atoms with E-state index in [0.29, 0.717) is 22.8 Å². The van der Waals surface area contributed by atoms with E-state index in [4.69, 9.17) is 19.0 Å². The summed E-state index contributed by atoms with van der Waals surface area (Å²) in [4.78, 5) is 17.9. The standard InChI is InChI=1S/C20H18FN3O5/c1-11-17(20(25)23-22-9-12-3-5-14(21)6-4-12)24-29-18(11)13-7-15(26-2)19-16(8-13)27-10-28-19/h3-9,11,18H,10H2,1-2H3,(H,23,25)/b22-9+. The first-order valence-corrected chi connectivity index (χ1v) is 8.87. The van der Waals surface area contributed by atoms with Gasteiger partial charge in [0.05, 0.1) is 19.2 Å². The van der Waals surface area contributed by atoms with E-state index in [0.717, 1.165) is 5.56 Å². The van der Waals surface area contributed by atoms with Crippen molar-refractivity contribution in [3.8, 4) is 17.2 Å². The SMILES string of the molecule is COc1cc(C2ON=C(C(=O)N/N=C/c3ccc(F)cc3)C2C)cc2c1OCO2. The Balaban J connectivity index is 1.44. The number of oxime groups is 1. The number of methoxy groups -OCH3 is 1. The number of amides is 1. The normalized spacial score (nSPS) is 19.8. The molecule has 0 fully saturated rings. The zero-order valence-corrected chi connectivity index (χ0v) is 15.7. The Morgan fingerprint density at radius 1 is 1.31 bits per heavy atom. The lowest BCUT2D eigenvalue weighted by molar-refractivity contribution is -0.115. The Morgan fingerprint density at radius 3 is 2.86 bits per heavy atom. The molecule has 0 spiro atoms. The van der Waals surface area contributed by atoms with Crippen LogP contribution in [0.3, 0.4) is 0 Å². The van der Waals surface area contributed by atoms with Gasteiger partial charge in [0.2, 0.25) is 12.5 Å². The zero-order valence-electron chi connectivity index (χ0n) is 15.7. The van der Waals surface area contributed by atoms with Crippen molar-refractivity contribution in [2.24, 2.45) is 16.2 Å². The van der Waals surface area contributed by atoms with Crippen LogP contribution in [0.15, 0.2) is 46.7 Å². The Labute approximate surface area is 165 Å². The number of hydrazone groups is 1. The van der Waals surface area contributed by atoms with Gasteiger partial charge in [0.1, 0.15) is 5.82 Å². The van der Waals surface area contributed by atoms with Gasteiger partial charge in [-0.05, 0) is 29.8 Å². The number of carbonyl (C=O) groups is 1. The average molecular weight is 399 g/mol. The molecule has 1 N–H and O–H groups in total. The highest BCUT2D eigenvalue weighted by atomic mass is 19.1. The van der Waals surface area contributed by atoms with Gasteiger partial charge in [-0.15, -0.1) is 0 Å². The predicted molar refractivity (Wildman–Crippen MR) is 102 cm³/mol. The van der Waals surface area contributed by atoms with Crippen molar-refractivity contribution in [2.45, 2.75) is 13.0 Å². The van der Waals surface area contributed by atoms with Gasteiger partial charge in [-0.1, -0.05) is 24.2 Å². The second kappa shape index (κ2) is 7.78. The van der Waals surface area contributed by atoms with Crippen molar-refractivity contribution in [3.05, 3.63) is 53.3 Å². The first kappa shape index (κ1) is 18.7. The zero-order chi connectivity index (χ0) is 20.4. The topological polar surface area (TPSA) is 90.7 Å². The Bertz CT molecular complexity index is 990. The summed E-state index contributed by atoms with van der Waals surface area (Å²) in [6.45, 7) is 1.95. The van der Waals surface area contributed by atoms with Gasteiger partial charge >= 0.3 is 0 Å². The molecule has 2 atom stereocenters. The van der Waals surface area contributed by atoms with Crippen molar-refractivity contribution in [1.82, 2.24) is 5.43 Å². The summed E-state index contributed by atoms with van der Waals surface area (Å²) in [6, 6.07) is 9.28. The molecule has 2 unspecified atom stereocenters. The van der Waals surface area contributed by atoms with E-state index in [1.54, 1.807) is 24.3 Å². The van der Waals surface area contributed by atoms with Crippen LogP contribution in [0.2, 0.25) is 0 Å². The van der Waals surface area contributed by atoms with Gasteiger partial charge in [-0.25, -0.2) is 9.82 Å². The molecule has 0 bridgehead atoms. The van der Waals surface area contributed by atoms with Crippen LogP contribution in [0.25, 0.3) is 0 Å². The number of ether oxygens (including phenoxy) is 3. The van der Waals surface area contributed by atoms with E-state index in [9.17, 15) is 9.18 Å². The summed E-state index contributed by atoms with van der Waals surface area (Å²) >= 11 is 0. The Hall–Kier alpha value is -3.62. The maximum absolute atomic E-state index is 12.9. The van der Waals surface area contributed by atoms with Crippen LogP contribution in [-0.2, 0) is 9.63 Å². The lowest BCUT2D eigenvalue weighted by Crippen LogP contribution is -2.31. The molecule has 0 saturated carbocycles. The molecule has 2 aromatic rings. The fraction of sp³-hybridized carbons (Fsp3) is 0.250. The highest BCUT2D eigenvalue weighted by Crippen LogP contribution is 2.45. The lowest BCUT2D eigenvalue weighted by Gasteiger charge is -2.16. The highest BCUT2D eigenvalue weighted by molar-refractivity contribution is 6.39. The molecule has 0 aliphatic carbocycles. The molecule has 0 saturated heterocycles. The van der Waals surface area contributed by atoms with Crippen LogP contribution in [0.4, 0.5) is 4.39 Å². The number of hydrogen-bond donors (Lipinski definition) is 1. The molecular formula is C20H18FN3O5. The molecule has 0 aromatic heterocycles. The molecule has 4 rings (SSSR count). The van der Waals surface area contributed by atoms with Gasteiger partial charge in [-0.2, -0.15) is 5.10 Å². The fourth-order valence-electron chi connectivity index (χ4n) is 3.11. The molecule has 150 valence electrons. The van der Waals surface area contributed by atoms with Crippen LogP contribution in [-0.4, -0.2) is 31.7 Å². The van der Waals surface area contributed by atoms with Gasteiger partial charge < -0.3 is 19.0 Å². The number of hydrogen-bond acceptors (Lipinski definition) is 7. The van der Waals surface area contributed by atoms with Gasteiger partial charge in [-0.3, -0.25) is 4.79 Å². The van der Waals surface area contributed by atoms with E-state index < -0.39 is 12.0 Å². The molecule has 2 aliphatic rings. The number of fused-ring (bicyclic) bond motifs is 1. The van der Waals surface area contributed by atoms with Crippen molar-refractivity contribution in [2.75, 3.05) is 13.9 Å². The maximum Gasteiger partial charge on any atom is 0.289 e. The molecule has 2 aromatic carbocycles. The summed E-state index contributed by atoms with van der Waals surface area (Å²) in [6.07, 6.45) is 0.929. The van der Waals surface area contributed by atoms with Crippen molar-refractivity contribution in [3.63, 3.8) is 0 Å². The van der Waals surface area contributed by atoms with Crippen molar-refractivity contribution < 1.29 is 28.2 Å². The van der Waals surface area contributed by atoms with E-state index in [2.05, 4.69) is 15.7 Å². The minimum Gasteiger partial charge on any atom is -0.493 e. The third-order valence-corrected chi connectivity index (χ3v) is 4.64. The summed E-state index contributed by atoms with van der Waals surface area (Å²) < 4.78 is 29.1. The second-order valence-electron chi connectivity index (χ2n) is 6.50. The van der Waals surface area contributed by atoms with Gasteiger partial charge in [0.15, 0.2) is 23.3 Å². The third-order valence-electron chi connectivity index (χ3n) is 4.64. The van der Waals surface area contributed by atoms with E-state index in [-0.39, 0.29) is 24.2 Å². The van der Waals surface area contributed by atoms with E-state index >= 15 is 0 Å². The molecule has 29 heavy (non-hydrogen) atoms. The fourth-order valence-corrected chi connectivity index (χ4v) is 3.11. The number of halogens is 1. The summed E-state index contributed by atoms with van der Waals surface area (Å²) in [5.41, 5.74) is 4.02. The minimum atomic E-state index is -0.486. The number of benzene rings is 2. The highest BCUT2D eigenvalue weighted by Gasteiger charge is 2.37. The van der Waals surface area contributed by atoms with Crippen LogP contribution >= 0.6 is 0 Å². The minimum absolute atomic E-state index is 0.117. The number of carbonyl (C=O) groups excluding carboxylic acids is 1. The van der Waals surface area contributed by atoms with E-state index in [1.165, 1.54) is 25.5 Å². The Kier molecular flexibility index (Phi) is 5.03. The molecule has 2 aliphatic heterocycles. The summed E-state index contributed by atoms with van der Waals surface area (Å²) in [7, 11) is 1.54. The van der Waals surface area contributed by atoms with Gasteiger partial charge in [0.25, 0.3) is 5.91 Å². The molecule has 2 heterocycles. The first-order valence-electron chi connectivity index (χ1n) is 8.87.